The zero-order valence-electron chi connectivity index (χ0n) is 12.5. The molecule has 23 heavy (non-hydrogen) atoms. The molecular formula is C12H10K2N2O7. The van der Waals surface area contributed by atoms with Crippen LogP contribution in [0.2, 0.25) is 0 Å². The first-order chi connectivity index (χ1) is 9.43. The summed E-state index contributed by atoms with van der Waals surface area (Å²) in [7, 11) is 0. The van der Waals surface area contributed by atoms with Crippen molar-refractivity contribution in [3.05, 3.63) is 68.8 Å². The van der Waals surface area contributed by atoms with Crippen molar-refractivity contribution in [2.45, 2.75) is 0 Å². The van der Waals surface area contributed by atoms with E-state index < -0.39 is 21.3 Å². The largest absolute Gasteiger partial charge is 1.00 e. The van der Waals surface area contributed by atoms with Gasteiger partial charge >= 0.3 is 103 Å². The SMILES string of the molecule is O.O=[N+]([O-])c1ccccc1[O-].O=[N+]([O-])c1ccccc1[O-].[K+].[K+]. The van der Waals surface area contributed by atoms with Gasteiger partial charge in [0, 0.05) is 12.1 Å². The van der Waals surface area contributed by atoms with Crippen molar-refractivity contribution in [1.29, 1.82) is 0 Å². The first-order valence-corrected chi connectivity index (χ1v) is 5.24. The molecule has 0 aliphatic heterocycles. The number of nitro benzene ring substituents is 2. The Morgan fingerprint density at radius 3 is 1.09 bits per heavy atom. The predicted octanol–water partition coefficient (Wildman–Crippen LogP) is -5.48. The summed E-state index contributed by atoms with van der Waals surface area (Å²) in [6.45, 7) is 0. The van der Waals surface area contributed by atoms with Gasteiger partial charge in [0.15, 0.2) is 0 Å². The molecule has 0 radical (unpaired) electrons. The van der Waals surface area contributed by atoms with E-state index >= 15 is 0 Å². The van der Waals surface area contributed by atoms with Gasteiger partial charge in [0.2, 0.25) is 0 Å². The molecule has 0 amide bonds. The van der Waals surface area contributed by atoms with E-state index in [0.717, 1.165) is 12.1 Å². The summed E-state index contributed by atoms with van der Waals surface area (Å²) in [5.74, 6) is -1.10. The average Bonchev–Trinajstić information content (AvgIpc) is 2.40. The molecule has 0 bridgehead atoms. The molecule has 2 rings (SSSR count). The van der Waals surface area contributed by atoms with E-state index in [1.54, 1.807) is 0 Å². The molecule has 0 spiro atoms. The van der Waals surface area contributed by atoms with Crippen LogP contribution >= 0.6 is 0 Å². The quantitative estimate of drug-likeness (QED) is 0.290. The molecule has 9 nitrogen and oxygen atoms in total. The van der Waals surface area contributed by atoms with E-state index in [-0.39, 0.29) is 120 Å². The van der Waals surface area contributed by atoms with Gasteiger partial charge in [-0.1, -0.05) is 36.4 Å². The topological polar surface area (TPSA) is 164 Å². The van der Waals surface area contributed by atoms with Crippen molar-refractivity contribution in [3.63, 3.8) is 0 Å². The number of para-hydroxylation sites is 4. The summed E-state index contributed by atoms with van der Waals surface area (Å²) in [4.78, 5) is 18.7. The van der Waals surface area contributed by atoms with Crippen molar-refractivity contribution in [2.24, 2.45) is 0 Å². The third-order valence-electron chi connectivity index (χ3n) is 2.12. The maximum absolute atomic E-state index is 10.6. The van der Waals surface area contributed by atoms with Gasteiger partial charge in [0.05, 0.1) is 9.85 Å². The van der Waals surface area contributed by atoms with E-state index in [9.17, 15) is 30.4 Å². The Bertz CT molecular complexity index is 585. The second-order valence-corrected chi connectivity index (χ2v) is 3.45. The standard InChI is InChI=1S/2C6H5NO3.2K.H2O/c2*8-6-4-2-1-3-5(6)7(9)10;;;/h2*1-4,8H;;;1H2/q;;2*+1;/p-2. The van der Waals surface area contributed by atoms with Crippen LogP contribution < -0.4 is 113 Å². The normalized spacial score (nSPS) is 8.00. The van der Waals surface area contributed by atoms with Crippen molar-refractivity contribution in [2.75, 3.05) is 0 Å². The monoisotopic (exact) mass is 372 g/mol. The van der Waals surface area contributed by atoms with Crippen molar-refractivity contribution < 1.29 is 128 Å². The first-order valence-electron chi connectivity index (χ1n) is 5.24. The minimum absolute atomic E-state index is 0. The van der Waals surface area contributed by atoms with Crippen molar-refractivity contribution in [3.8, 4) is 11.5 Å². The third kappa shape index (κ3) is 9.83. The summed E-state index contributed by atoms with van der Waals surface area (Å²) >= 11 is 0. The molecule has 11 heteroatoms. The Kier molecular flexibility index (Phi) is 17.5. The second kappa shape index (κ2) is 14.4. The number of hydrogen-bond acceptors (Lipinski definition) is 6. The molecule has 0 saturated heterocycles. The summed E-state index contributed by atoms with van der Waals surface area (Å²) in [6.07, 6.45) is 0. The molecule has 112 valence electrons. The summed E-state index contributed by atoms with van der Waals surface area (Å²) in [6, 6.07) is 10.5. The number of nitro groups is 2. The van der Waals surface area contributed by atoms with Crippen LogP contribution in [0.1, 0.15) is 0 Å². The van der Waals surface area contributed by atoms with Crippen LogP contribution in [0.3, 0.4) is 0 Å². The molecule has 2 aromatic carbocycles. The molecule has 0 atom stereocenters. The van der Waals surface area contributed by atoms with E-state index in [0.29, 0.717) is 0 Å². The Labute approximate surface area is 216 Å². The number of hydrogen-bond donors (Lipinski definition) is 0. The fourth-order valence-electron chi connectivity index (χ4n) is 1.22. The number of benzene rings is 2. The maximum atomic E-state index is 10.6. The zero-order valence-corrected chi connectivity index (χ0v) is 18.7. The van der Waals surface area contributed by atoms with Crippen molar-refractivity contribution >= 4 is 11.4 Å². The fourth-order valence-corrected chi connectivity index (χ4v) is 1.22. The molecule has 0 aliphatic rings. The number of rotatable bonds is 2. The maximum Gasteiger partial charge on any atom is 1.00 e. The van der Waals surface area contributed by atoms with Crippen LogP contribution in [0.15, 0.2) is 48.5 Å². The van der Waals surface area contributed by atoms with Crippen LogP contribution in [-0.2, 0) is 0 Å². The first kappa shape index (κ1) is 27.9. The van der Waals surface area contributed by atoms with Gasteiger partial charge < -0.3 is 15.7 Å². The van der Waals surface area contributed by atoms with Crippen LogP contribution in [0, 0.1) is 20.2 Å². The van der Waals surface area contributed by atoms with E-state index in [2.05, 4.69) is 0 Å². The van der Waals surface area contributed by atoms with Gasteiger partial charge in [0.1, 0.15) is 0 Å². The summed E-state index contributed by atoms with van der Waals surface area (Å²) < 4.78 is 0. The average molecular weight is 372 g/mol. The summed E-state index contributed by atoms with van der Waals surface area (Å²) in [5.41, 5.74) is -0.745. The molecule has 0 heterocycles. The predicted molar refractivity (Wildman–Crippen MR) is 68.7 cm³/mol. The van der Waals surface area contributed by atoms with Gasteiger partial charge in [-0.3, -0.25) is 20.2 Å². The number of nitrogens with zero attached hydrogens (tertiary/aromatic N) is 2. The van der Waals surface area contributed by atoms with Crippen LogP contribution in [0.25, 0.3) is 0 Å². The minimum Gasteiger partial charge on any atom is -0.868 e. The van der Waals surface area contributed by atoms with Crippen LogP contribution in [0.4, 0.5) is 11.4 Å². The smallest absolute Gasteiger partial charge is 0.868 e. The van der Waals surface area contributed by atoms with Crippen molar-refractivity contribution in [1.82, 2.24) is 0 Å². The Morgan fingerprint density at radius 2 is 0.913 bits per heavy atom. The van der Waals surface area contributed by atoms with Gasteiger partial charge in [0.25, 0.3) is 11.4 Å². The molecular weight excluding hydrogens is 362 g/mol. The fraction of sp³-hybridized carbons (Fsp3) is 0. The molecule has 2 N–H and O–H groups in total. The second-order valence-electron chi connectivity index (χ2n) is 3.45. The van der Waals surface area contributed by atoms with Gasteiger partial charge in [-0.15, -0.1) is 0 Å². The summed E-state index contributed by atoms with van der Waals surface area (Å²) in [5, 5.41) is 41.3. The van der Waals surface area contributed by atoms with Gasteiger partial charge in [-0.25, -0.2) is 0 Å². The van der Waals surface area contributed by atoms with Gasteiger partial charge in [-0.05, 0) is 11.5 Å². The van der Waals surface area contributed by atoms with E-state index in [1.807, 2.05) is 0 Å². The molecule has 0 aliphatic carbocycles. The molecule has 0 fully saturated rings. The van der Waals surface area contributed by atoms with E-state index in [4.69, 9.17) is 0 Å². The Hall–Kier alpha value is 0.0727. The van der Waals surface area contributed by atoms with Crippen LogP contribution in [-0.4, -0.2) is 15.3 Å². The molecule has 0 aromatic heterocycles. The molecule has 2 aromatic rings. The van der Waals surface area contributed by atoms with Gasteiger partial charge in [-0.2, -0.15) is 0 Å². The Morgan fingerprint density at radius 1 is 0.652 bits per heavy atom. The molecule has 0 saturated carbocycles. The Balaban J connectivity index is -0.000000308. The zero-order chi connectivity index (χ0) is 15.1. The van der Waals surface area contributed by atoms with E-state index in [1.165, 1.54) is 36.4 Å². The minimum atomic E-state index is -0.692. The third-order valence-corrected chi connectivity index (χ3v) is 2.12. The van der Waals surface area contributed by atoms with Crippen LogP contribution in [0.5, 0.6) is 11.5 Å². The molecule has 0 unspecified atom stereocenters.